The van der Waals surface area contributed by atoms with Gasteiger partial charge in [-0.1, -0.05) is 0 Å². The second-order valence-corrected chi connectivity index (χ2v) is 5.06. The molecule has 1 unspecified atom stereocenters. The van der Waals surface area contributed by atoms with E-state index in [1.165, 1.54) is 6.42 Å². The maximum atomic E-state index is 5.58. The van der Waals surface area contributed by atoms with Gasteiger partial charge in [0.1, 0.15) is 5.82 Å². The number of nitrogens with zero attached hydrogens (tertiary/aromatic N) is 4. The van der Waals surface area contributed by atoms with Crippen molar-refractivity contribution in [3.63, 3.8) is 0 Å². The van der Waals surface area contributed by atoms with Crippen LogP contribution in [0.4, 0.5) is 0 Å². The first kappa shape index (κ1) is 13.4. The van der Waals surface area contributed by atoms with E-state index < -0.39 is 0 Å². The highest BCUT2D eigenvalue weighted by Crippen LogP contribution is 2.20. The van der Waals surface area contributed by atoms with Crippen LogP contribution in [0.1, 0.15) is 24.0 Å². The minimum Gasteiger partial charge on any atom is -0.330 e. The van der Waals surface area contributed by atoms with Gasteiger partial charge in [0, 0.05) is 24.9 Å². The average Bonchev–Trinajstić information content (AvgIpc) is 2.52. The molecule has 0 radical (unpaired) electrons. The van der Waals surface area contributed by atoms with Crippen LogP contribution in [-0.4, -0.2) is 60.0 Å². The fourth-order valence-corrected chi connectivity index (χ4v) is 2.41. The van der Waals surface area contributed by atoms with Crippen LogP contribution < -0.4 is 5.73 Å². The van der Waals surface area contributed by atoms with Crippen LogP contribution in [0, 0.1) is 0 Å². The number of aromatic nitrogens is 2. The zero-order valence-corrected chi connectivity index (χ0v) is 11.3. The lowest BCUT2D eigenvalue weighted by Crippen LogP contribution is -2.32. The summed E-state index contributed by atoms with van der Waals surface area (Å²) in [5.41, 5.74) is 6.63. The van der Waals surface area contributed by atoms with E-state index in [1.807, 2.05) is 12.3 Å². The van der Waals surface area contributed by atoms with E-state index in [1.54, 1.807) is 0 Å². The van der Waals surface area contributed by atoms with Crippen molar-refractivity contribution in [1.29, 1.82) is 0 Å². The highest BCUT2D eigenvalue weighted by atomic mass is 15.2. The third kappa shape index (κ3) is 3.25. The maximum absolute atomic E-state index is 5.58. The molecule has 1 fully saturated rings. The molecule has 100 valence electrons. The molecule has 1 aliphatic heterocycles. The lowest BCUT2D eigenvalue weighted by atomic mass is 10.2. The van der Waals surface area contributed by atoms with Crippen LogP contribution in [0.3, 0.4) is 0 Å². The number of hydrogen-bond donors (Lipinski definition) is 1. The highest BCUT2D eigenvalue weighted by molar-refractivity contribution is 5.06. The van der Waals surface area contributed by atoms with Crippen molar-refractivity contribution in [3.05, 3.63) is 23.8 Å². The number of likely N-dealkylation sites (N-methyl/N-ethyl adjacent to an activating group) is 2. The van der Waals surface area contributed by atoms with Crippen LogP contribution in [0.15, 0.2) is 12.3 Å². The lowest BCUT2D eigenvalue weighted by molar-refractivity contribution is 0.219. The van der Waals surface area contributed by atoms with Gasteiger partial charge in [0.15, 0.2) is 0 Å². The molecular weight excluding hydrogens is 226 g/mol. The SMILES string of the molecule is CN1CCCN(C)C(c2nccc(CCN)n2)C1. The van der Waals surface area contributed by atoms with Crippen LogP contribution in [0.25, 0.3) is 0 Å². The van der Waals surface area contributed by atoms with Gasteiger partial charge in [-0.05, 0) is 46.2 Å². The molecule has 0 spiro atoms. The Kier molecular flexibility index (Phi) is 4.63. The monoisotopic (exact) mass is 249 g/mol. The molecule has 0 saturated carbocycles. The summed E-state index contributed by atoms with van der Waals surface area (Å²) in [5.74, 6) is 0.928. The Morgan fingerprint density at radius 1 is 1.39 bits per heavy atom. The van der Waals surface area contributed by atoms with Gasteiger partial charge in [-0.15, -0.1) is 0 Å². The van der Waals surface area contributed by atoms with Gasteiger partial charge in [-0.25, -0.2) is 9.97 Å². The van der Waals surface area contributed by atoms with Gasteiger partial charge in [0.05, 0.1) is 6.04 Å². The first-order chi connectivity index (χ1) is 8.70. The van der Waals surface area contributed by atoms with Crippen molar-refractivity contribution in [2.24, 2.45) is 5.73 Å². The summed E-state index contributed by atoms with van der Waals surface area (Å²) >= 11 is 0. The summed E-state index contributed by atoms with van der Waals surface area (Å²) in [7, 11) is 4.32. The van der Waals surface area contributed by atoms with Gasteiger partial charge in [-0.2, -0.15) is 0 Å². The van der Waals surface area contributed by atoms with Gasteiger partial charge >= 0.3 is 0 Å². The predicted octanol–water partition coefficient (Wildman–Crippen LogP) is 0.286. The Hall–Kier alpha value is -1.04. The number of nitrogens with two attached hydrogens (primary N) is 1. The molecule has 0 amide bonds. The molecular formula is C13H23N5. The van der Waals surface area contributed by atoms with E-state index >= 15 is 0 Å². The first-order valence-corrected chi connectivity index (χ1v) is 6.61. The van der Waals surface area contributed by atoms with E-state index in [9.17, 15) is 0 Å². The van der Waals surface area contributed by atoms with Crippen LogP contribution >= 0.6 is 0 Å². The van der Waals surface area contributed by atoms with E-state index in [-0.39, 0.29) is 6.04 Å². The average molecular weight is 249 g/mol. The Balaban J connectivity index is 2.19. The Morgan fingerprint density at radius 2 is 2.22 bits per heavy atom. The highest BCUT2D eigenvalue weighted by Gasteiger charge is 2.24. The molecule has 5 nitrogen and oxygen atoms in total. The molecule has 1 aromatic rings. The standard InChI is InChI=1S/C13H23N5/c1-17-8-3-9-18(2)12(10-17)13-15-7-5-11(16-13)4-6-14/h5,7,12H,3-4,6,8-10,14H2,1-2H3. The molecule has 0 aliphatic carbocycles. The fraction of sp³-hybridized carbons (Fsp3) is 0.692. The lowest BCUT2D eigenvalue weighted by Gasteiger charge is -2.26. The smallest absolute Gasteiger partial charge is 0.146 e. The van der Waals surface area contributed by atoms with Crippen molar-refractivity contribution in [1.82, 2.24) is 19.8 Å². The van der Waals surface area contributed by atoms with Crippen LogP contribution in [0.2, 0.25) is 0 Å². The molecule has 2 rings (SSSR count). The van der Waals surface area contributed by atoms with Gasteiger partial charge in [0.2, 0.25) is 0 Å². The summed E-state index contributed by atoms with van der Waals surface area (Å²) in [6.07, 6.45) is 3.87. The molecule has 1 aromatic heterocycles. The maximum Gasteiger partial charge on any atom is 0.146 e. The Labute approximate surface area is 109 Å². The van der Waals surface area contributed by atoms with Crippen LogP contribution in [-0.2, 0) is 6.42 Å². The summed E-state index contributed by atoms with van der Waals surface area (Å²) in [4.78, 5) is 13.8. The summed E-state index contributed by atoms with van der Waals surface area (Å²) in [5, 5.41) is 0. The van der Waals surface area contributed by atoms with Gasteiger partial charge in [0.25, 0.3) is 0 Å². The van der Waals surface area contributed by atoms with Crippen molar-refractivity contribution in [2.45, 2.75) is 18.9 Å². The zero-order valence-electron chi connectivity index (χ0n) is 11.3. The fourth-order valence-electron chi connectivity index (χ4n) is 2.41. The second kappa shape index (κ2) is 6.22. The van der Waals surface area contributed by atoms with Crippen LogP contribution in [0.5, 0.6) is 0 Å². The minimum absolute atomic E-state index is 0.287. The largest absolute Gasteiger partial charge is 0.330 e. The number of rotatable bonds is 3. The predicted molar refractivity (Wildman–Crippen MR) is 72.3 cm³/mol. The Bertz CT molecular complexity index is 381. The quantitative estimate of drug-likeness (QED) is 0.834. The second-order valence-electron chi connectivity index (χ2n) is 5.06. The molecule has 1 atom stereocenters. The number of hydrogen-bond acceptors (Lipinski definition) is 5. The van der Waals surface area contributed by atoms with E-state index in [0.717, 1.165) is 37.6 Å². The van der Waals surface area contributed by atoms with Gasteiger partial charge < -0.3 is 10.6 Å². The van der Waals surface area contributed by atoms with E-state index in [0.29, 0.717) is 6.54 Å². The summed E-state index contributed by atoms with van der Waals surface area (Å²) in [6, 6.07) is 2.24. The van der Waals surface area contributed by atoms with Crippen molar-refractivity contribution in [3.8, 4) is 0 Å². The topological polar surface area (TPSA) is 58.3 Å². The normalized spacial score (nSPS) is 22.9. The van der Waals surface area contributed by atoms with Crippen molar-refractivity contribution >= 4 is 0 Å². The zero-order chi connectivity index (χ0) is 13.0. The molecule has 0 bridgehead atoms. The molecule has 1 saturated heterocycles. The molecule has 2 heterocycles. The first-order valence-electron chi connectivity index (χ1n) is 6.61. The molecule has 5 heteroatoms. The van der Waals surface area contributed by atoms with Crippen molar-refractivity contribution in [2.75, 3.05) is 40.3 Å². The third-order valence-electron chi connectivity index (χ3n) is 3.50. The third-order valence-corrected chi connectivity index (χ3v) is 3.50. The van der Waals surface area contributed by atoms with E-state index in [2.05, 4.69) is 33.9 Å². The Morgan fingerprint density at radius 3 is 3.00 bits per heavy atom. The molecule has 0 aromatic carbocycles. The summed E-state index contributed by atoms with van der Waals surface area (Å²) in [6.45, 7) is 3.86. The van der Waals surface area contributed by atoms with E-state index in [4.69, 9.17) is 5.73 Å². The van der Waals surface area contributed by atoms with Crippen molar-refractivity contribution < 1.29 is 0 Å². The molecule has 1 aliphatic rings. The minimum atomic E-state index is 0.287. The molecule has 2 N–H and O–H groups in total. The van der Waals surface area contributed by atoms with Gasteiger partial charge in [-0.3, -0.25) is 4.90 Å². The summed E-state index contributed by atoms with van der Waals surface area (Å²) < 4.78 is 0. The molecule has 18 heavy (non-hydrogen) atoms.